The zero-order chi connectivity index (χ0) is 20.2. The first-order valence-corrected chi connectivity index (χ1v) is 9.94. The fourth-order valence-electron chi connectivity index (χ4n) is 3.01. The van der Waals surface area contributed by atoms with Crippen molar-refractivity contribution in [3.05, 3.63) is 83.6 Å². The van der Waals surface area contributed by atoms with Crippen LogP contribution in [0.4, 0.5) is 5.69 Å². The molecule has 2 heterocycles. The minimum Gasteiger partial charge on any atom is -0.459 e. The molecule has 0 saturated carbocycles. The highest BCUT2D eigenvalue weighted by Crippen LogP contribution is 2.36. The number of anilines is 1. The van der Waals surface area contributed by atoms with Crippen molar-refractivity contribution in [3.8, 4) is 11.7 Å². The number of hydrogen-bond acceptors (Lipinski definition) is 6. The largest absolute Gasteiger partial charge is 0.459 e. The van der Waals surface area contributed by atoms with Gasteiger partial charge in [-0.15, -0.1) is 10.2 Å². The Bertz CT molecular complexity index is 1090. The van der Waals surface area contributed by atoms with E-state index in [1.54, 1.807) is 12.1 Å². The van der Waals surface area contributed by atoms with E-state index >= 15 is 0 Å². The molecular formula is C22H19N3O3S. The number of thioether (sulfide) groups is 1. The molecule has 0 radical (unpaired) electrons. The second-order valence-electron chi connectivity index (χ2n) is 6.62. The average Bonchev–Trinajstić information content (AvgIpc) is 3.37. The number of carbonyl (C=O) groups is 1. The minimum absolute atomic E-state index is 0.163. The van der Waals surface area contributed by atoms with Crippen LogP contribution >= 0.6 is 11.8 Å². The SMILES string of the molecule is Cc1cc(C)cc(NC(=O)C(Sc2nnc(-c3ccco3)o2)c2ccccc2)c1. The van der Waals surface area contributed by atoms with Gasteiger partial charge in [0.05, 0.1) is 6.26 Å². The normalized spacial score (nSPS) is 11.9. The van der Waals surface area contributed by atoms with Crippen LogP contribution in [0.2, 0.25) is 0 Å². The van der Waals surface area contributed by atoms with Crippen LogP contribution in [0.5, 0.6) is 0 Å². The van der Waals surface area contributed by atoms with Crippen LogP contribution in [0.15, 0.2) is 81.0 Å². The van der Waals surface area contributed by atoms with Crippen LogP contribution in [-0.2, 0) is 4.79 Å². The number of amides is 1. The molecule has 4 aromatic rings. The molecule has 1 N–H and O–H groups in total. The van der Waals surface area contributed by atoms with Crippen molar-refractivity contribution >= 4 is 23.4 Å². The Morgan fingerprint density at radius 3 is 2.45 bits per heavy atom. The smallest absolute Gasteiger partial charge is 0.284 e. The van der Waals surface area contributed by atoms with Crippen molar-refractivity contribution in [1.29, 1.82) is 0 Å². The predicted molar refractivity (Wildman–Crippen MR) is 112 cm³/mol. The number of carbonyl (C=O) groups excluding carboxylic acids is 1. The number of hydrogen-bond donors (Lipinski definition) is 1. The van der Waals surface area contributed by atoms with Crippen molar-refractivity contribution in [2.45, 2.75) is 24.3 Å². The molecule has 1 unspecified atom stereocenters. The second-order valence-corrected chi connectivity index (χ2v) is 7.68. The van der Waals surface area contributed by atoms with Gasteiger partial charge in [0.25, 0.3) is 11.1 Å². The Kier molecular flexibility index (Phi) is 5.48. The molecule has 1 amide bonds. The lowest BCUT2D eigenvalue weighted by Crippen LogP contribution is -2.19. The number of aryl methyl sites for hydroxylation is 2. The molecule has 0 bridgehead atoms. The van der Waals surface area contributed by atoms with E-state index in [1.807, 2.05) is 56.3 Å². The molecule has 2 aromatic carbocycles. The first kappa shape index (κ1) is 19.0. The number of nitrogens with zero attached hydrogens (tertiary/aromatic N) is 2. The summed E-state index contributed by atoms with van der Waals surface area (Å²) >= 11 is 1.20. The summed E-state index contributed by atoms with van der Waals surface area (Å²) in [5, 5.41) is 10.8. The molecular weight excluding hydrogens is 386 g/mol. The van der Waals surface area contributed by atoms with E-state index in [0.717, 1.165) is 22.4 Å². The van der Waals surface area contributed by atoms with Gasteiger partial charge in [0, 0.05) is 5.69 Å². The standard InChI is InChI=1S/C22H19N3O3S/c1-14-11-15(2)13-17(12-14)23-20(26)19(16-7-4-3-5-8-16)29-22-25-24-21(28-22)18-9-6-10-27-18/h3-13,19H,1-2H3,(H,23,26). The van der Waals surface area contributed by atoms with Gasteiger partial charge in [-0.05, 0) is 66.6 Å². The molecule has 0 fully saturated rings. The van der Waals surface area contributed by atoms with Crippen LogP contribution in [0.3, 0.4) is 0 Å². The Labute approximate surface area is 172 Å². The molecule has 0 aliphatic heterocycles. The summed E-state index contributed by atoms with van der Waals surface area (Å²) in [6, 6.07) is 19.0. The van der Waals surface area contributed by atoms with Crippen molar-refractivity contribution in [3.63, 3.8) is 0 Å². The van der Waals surface area contributed by atoms with E-state index in [4.69, 9.17) is 8.83 Å². The monoisotopic (exact) mass is 405 g/mol. The van der Waals surface area contributed by atoms with Crippen molar-refractivity contribution < 1.29 is 13.6 Å². The van der Waals surface area contributed by atoms with Gasteiger partial charge in [-0.3, -0.25) is 4.79 Å². The highest BCUT2D eigenvalue weighted by molar-refractivity contribution is 8.00. The van der Waals surface area contributed by atoms with Gasteiger partial charge < -0.3 is 14.2 Å². The summed E-state index contributed by atoms with van der Waals surface area (Å²) in [7, 11) is 0. The second kappa shape index (κ2) is 8.36. The van der Waals surface area contributed by atoms with Crippen LogP contribution in [0.25, 0.3) is 11.7 Å². The number of furan rings is 1. The summed E-state index contributed by atoms with van der Waals surface area (Å²) in [5.74, 6) is 0.600. The van der Waals surface area contributed by atoms with E-state index in [0.29, 0.717) is 11.0 Å². The summed E-state index contributed by atoms with van der Waals surface area (Å²) in [6.07, 6.45) is 1.54. The molecule has 146 valence electrons. The lowest BCUT2D eigenvalue weighted by Gasteiger charge is -2.16. The third kappa shape index (κ3) is 4.57. The minimum atomic E-state index is -0.554. The highest BCUT2D eigenvalue weighted by atomic mass is 32.2. The van der Waals surface area contributed by atoms with E-state index < -0.39 is 5.25 Å². The molecule has 1 atom stereocenters. The first-order chi connectivity index (χ1) is 14.1. The molecule has 6 nitrogen and oxygen atoms in total. The van der Waals surface area contributed by atoms with Crippen molar-refractivity contribution in [1.82, 2.24) is 10.2 Å². The molecule has 2 aromatic heterocycles. The highest BCUT2D eigenvalue weighted by Gasteiger charge is 2.25. The first-order valence-electron chi connectivity index (χ1n) is 9.06. The molecule has 0 saturated heterocycles. The maximum absolute atomic E-state index is 13.1. The van der Waals surface area contributed by atoms with Gasteiger partial charge in [0.15, 0.2) is 5.76 Å². The zero-order valence-corrected chi connectivity index (χ0v) is 16.8. The van der Waals surface area contributed by atoms with Crippen molar-refractivity contribution in [2.24, 2.45) is 0 Å². The summed E-state index contributed by atoms with van der Waals surface area (Å²) in [4.78, 5) is 13.1. The molecule has 0 spiro atoms. The topological polar surface area (TPSA) is 81.2 Å². The van der Waals surface area contributed by atoms with Crippen molar-refractivity contribution in [2.75, 3.05) is 5.32 Å². The Balaban J connectivity index is 1.59. The molecule has 0 aliphatic rings. The molecule has 4 rings (SSSR count). The maximum Gasteiger partial charge on any atom is 0.284 e. The number of benzene rings is 2. The molecule has 7 heteroatoms. The average molecular weight is 405 g/mol. The molecule has 29 heavy (non-hydrogen) atoms. The van der Waals surface area contributed by atoms with Crippen LogP contribution in [-0.4, -0.2) is 16.1 Å². The van der Waals surface area contributed by atoms with Crippen LogP contribution < -0.4 is 5.32 Å². The number of aromatic nitrogens is 2. The number of nitrogens with one attached hydrogen (secondary N) is 1. The summed E-state index contributed by atoms with van der Waals surface area (Å²) < 4.78 is 11.0. The lowest BCUT2D eigenvalue weighted by molar-refractivity contribution is -0.115. The summed E-state index contributed by atoms with van der Waals surface area (Å²) in [5.41, 5.74) is 3.78. The quantitative estimate of drug-likeness (QED) is 0.432. The van der Waals surface area contributed by atoms with E-state index in [-0.39, 0.29) is 11.8 Å². The molecule has 0 aliphatic carbocycles. The van der Waals surface area contributed by atoms with Gasteiger partial charge in [0.1, 0.15) is 5.25 Å². The van der Waals surface area contributed by atoms with Gasteiger partial charge in [-0.25, -0.2) is 0 Å². The fraction of sp³-hybridized carbons (Fsp3) is 0.136. The predicted octanol–water partition coefficient (Wildman–Crippen LogP) is 5.42. The zero-order valence-electron chi connectivity index (χ0n) is 16.0. The van der Waals surface area contributed by atoms with E-state index in [1.165, 1.54) is 18.0 Å². The van der Waals surface area contributed by atoms with Gasteiger partial charge in [-0.2, -0.15) is 0 Å². The third-order valence-electron chi connectivity index (χ3n) is 4.19. The Morgan fingerprint density at radius 2 is 1.76 bits per heavy atom. The van der Waals surface area contributed by atoms with E-state index in [9.17, 15) is 4.79 Å². The summed E-state index contributed by atoms with van der Waals surface area (Å²) in [6.45, 7) is 4.00. The Hall–Kier alpha value is -3.32. The van der Waals surface area contributed by atoms with Gasteiger partial charge in [0.2, 0.25) is 5.91 Å². The van der Waals surface area contributed by atoms with Gasteiger partial charge in [-0.1, -0.05) is 36.4 Å². The van der Waals surface area contributed by atoms with E-state index in [2.05, 4.69) is 21.6 Å². The maximum atomic E-state index is 13.1. The van der Waals surface area contributed by atoms with Crippen LogP contribution in [0, 0.1) is 13.8 Å². The Morgan fingerprint density at radius 1 is 1.00 bits per heavy atom. The number of rotatable bonds is 6. The lowest BCUT2D eigenvalue weighted by atomic mass is 10.1. The van der Waals surface area contributed by atoms with Gasteiger partial charge >= 0.3 is 0 Å². The fourth-order valence-corrected chi connectivity index (χ4v) is 3.89. The van der Waals surface area contributed by atoms with Crippen LogP contribution in [0.1, 0.15) is 21.9 Å². The third-order valence-corrected chi connectivity index (χ3v) is 5.28.